The molecule has 2 heterocycles. The Bertz CT molecular complexity index is 659. The van der Waals surface area contributed by atoms with Crippen molar-refractivity contribution in [3.63, 3.8) is 0 Å². The molecule has 1 fully saturated rings. The van der Waals surface area contributed by atoms with Gasteiger partial charge >= 0.3 is 0 Å². The smallest absolute Gasteiger partial charge is 0.152 e. The first-order valence-corrected chi connectivity index (χ1v) is 7.75. The summed E-state index contributed by atoms with van der Waals surface area (Å²) in [5, 5.41) is 0.685. The quantitative estimate of drug-likeness (QED) is 0.890. The number of aromatic nitrogens is 2. The SMILES string of the molecule is CC1(N)CCN(c2cnc(-c3ccc(Cl)cc3)c(N)n2)CC1. The second kappa shape index (κ2) is 5.74. The van der Waals surface area contributed by atoms with Gasteiger partial charge in [0, 0.05) is 29.2 Å². The molecule has 0 aliphatic carbocycles. The average molecular weight is 318 g/mol. The highest BCUT2D eigenvalue weighted by Gasteiger charge is 2.26. The molecule has 116 valence electrons. The van der Waals surface area contributed by atoms with E-state index in [4.69, 9.17) is 23.1 Å². The molecule has 0 bridgehead atoms. The van der Waals surface area contributed by atoms with E-state index in [9.17, 15) is 0 Å². The number of halogens is 1. The number of nitrogens with two attached hydrogens (primary N) is 2. The maximum Gasteiger partial charge on any atom is 0.152 e. The Morgan fingerprint density at radius 1 is 1.18 bits per heavy atom. The zero-order chi connectivity index (χ0) is 15.7. The Morgan fingerprint density at radius 2 is 1.82 bits per heavy atom. The van der Waals surface area contributed by atoms with E-state index in [-0.39, 0.29) is 5.54 Å². The van der Waals surface area contributed by atoms with Crippen LogP contribution in [0.15, 0.2) is 30.5 Å². The summed E-state index contributed by atoms with van der Waals surface area (Å²) >= 11 is 5.90. The van der Waals surface area contributed by atoms with Crippen molar-refractivity contribution >= 4 is 23.2 Å². The van der Waals surface area contributed by atoms with Crippen LogP contribution in [0, 0.1) is 0 Å². The van der Waals surface area contributed by atoms with Gasteiger partial charge in [-0.1, -0.05) is 23.7 Å². The van der Waals surface area contributed by atoms with E-state index in [0.29, 0.717) is 16.5 Å². The number of hydrogen-bond donors (Lipinski definition) is 2. The van der Waals surface area contributed by atoms with Crippen molar-refractivity contribution in [1.29, 1.82) is 0 Å². The fourth-order valence-corrected chi connectivity index (χ4v) is 2.75. The number of piperidine rings is 1. The summed E-state index contributed by atoms with van der Waals surface area (Å²) in [6.45, 7) is 3.84. The molecule has 0 unspecified atom stereocenters. The van der Waals surface area contributed by atoms with E-state index in [2.05, 4.69) is 21.8 Å². The number of hydrogen-bond acceptors (Lipinski definition) is 5. The second-order valence-electron chi connectivity index (χ2n) is 6.11. The van der Waals surface area contributed by atoms with Crippen LogP contribution < -0.4 is 16.4 Å². The molecule has 0 atom stereocenters. The molecule has 1 aromatic carbocycles. The van der Waals surface area contributed by atoms with Gasteiger partial charge in [0.2, 0.25) is 0 Å². The van der Waals surface area contributed by atoms with Gasteiger partial charge < -0.3 is 16.4 Å². The molecule has 6 heteroatoms. The van der Waals surface area contributed by atoms with Crippen LogP contribution in [0.1, 0.15) is 19.8 Å². The van der Waals surface area contributed by atoms with Crippen LogP contribution >= 0.6 is 11.6 Å². The van der Waals surface area contributed by atoms with E-state index in [0.717, 1.165) is 37.3 Å². The molecule has 0 spiro atoms. The van der Waals surface area contributed by atoms with Crippen LogP contribution in [0.2, 0.25) is 5.02 Å². The summed E-state index contributed by atoms with van der Waals surface area (Å²) in [7, 11) is 0. The lowest BCUT2D eigenvalue weighted by Gasteiger charge is -2.37. The van der Waals surface area contributed by atoms with Gasteiger partial charge in [-0.15, -0.1) is 0 Å². The predicted octanol–water partition coefficient (Wildman–Crippen LogP) is 2.70. The number of anilines is 2. The fraction of sp³-hybridized carbons (Fsp3) is 0.375. The van der Waals surface area contributed by atoms with Gasteiger partial charge in [0.1, 0.15) is 11.5 Å². The Kier molecular flexibility index (Phi) is 3.93. The minimum absolute atomic E-state index is 0.0846. The van der Waals surface area contributed by atoms with Gasteiger partial charge in [0.25, 0.3) is 0 Å². The third kappa shape index (κ3) is 3.15. The highest BCUT2D eigenvalue weighted by atomic mass is 35.5. The number of nitrogens with zero attached hydrogens (tertiary/aromatic N) is 3. The minimum atomic E-state index is -0.0846. The van der Waals surface area contributed by atoms with E-state index in [1.54, 1.807) is 6.20 Å². The molecule has 0 saturated carbocycles. The Balaban J connectivity index is 1.82. The van der Waals surface area contributed by atoms with Gasteiger partial charge in [-0.2, -0.15) is 0 Å². The molecule has 0 amide bonds. The average Bonchev–Trinajstić information content (AvgIpc) is 2.48. The van der Waals surface area contributed by atoms with Gasteiger partial charge in [-0.25, -0.2) is 9.97 Å². The highest BCUT2D eigenvalue weighted by molar-refractivity contribution is 6.30. The molecule has 4 N–H and O–H groups in total. The topological polar surface area (TPSA) is 81.1 Å². The van der Waals surface area contributed by atoms with Crippen molar-refractivity contribution < 1.29 is 0 Å². The summed E-state index contributed by atoms with van der Waals surface area (Å²) in [6, 6.07) is 7.42. The van der Waals surface area contributed by atoms with Crippen molar-refractivity contribution in [3.8, 4) is 11.3 Å². The Labute approximate surface area is 135 Å². The third-order valence-corrected chi connectivity index (χ3v) is 4.39. The van der Waals surface area contributed by atoms with Crippen molar-refractivity contribution in [2.75, 3.05) is 23.7 Å². The number of nitrogen functional groups attached to an aromatic ring is 1. The molecule has 22 heavy (non-hydrogen) atoms. The Hall–Kier alpha value is -1.85. The molecule has 2 aromatic rings. The first-order chi connectivity index (χ1) is 10.4. The standard InChI is InChI=1S/C16H20ClN5/c1-16(19)6-8-22(9-7-16)13-10-20-14(15(18)21-13)11-2-4-12(17)5-3-11/h2-5,10H,6-9,19H2,1H3,(H2,18,21). The lowest BCUT2D eigenvalue weighted by molar-refractivity contribution is 0.363. The fourth-order valence-electron chi connectivity index (χ4n) is 2.62. The van der Waals surface area contributed by atoms with Crippen LogP contribution in [0.3, 0.4) is 0 Å². The maximum atomic E-state index is 6.16. The zero-order valence-corrected chi connectivity index (χ0v) is 13.3. The monoisotopic (exact) mass is 317 g/mol. The normalized spacial score (nSPS) is 17.5. The van der Waals surface area contributed by atoms with Gasteiger partial charge in [0.15, 0.2) is 5.82 Å². The number of rotatable bonds is 2. The highest BCUT2D eigenvalue weighted by Crippen LogP contribution is 2.27. The predicted molar refractivity (Wildman–Crippen MR) is 90.9 cm³/mol. The maximum absolute atomic E-state index is 6.16. The lowest BCUT2D eigenvalue weighted by Crippen LogP contribution is -2.48. The molecule has 5 nitrogen and oxygen atoms in total. The van der Waals surface area contributed by atoms with Crippen molar-refractivity contribution in [2.24, 2.45) is 5.73 Å². The molecule has 1 aliphatic rings. The van der Waals surface area contributed by atoms with Crippen LogP contribution in [0.5, 0.6) is 0 Å². The van der Waals surface area contributed by atoms with Crippen LogP contribution in [-0.2, 0) is 0 Å². The second-order valence-corrected chi connectivity index (χ2v) is 6.55. The Morgan fingerprint density at radius 3 is 2.41 bits per heavy atom. The first kappa shape index (κ1) is 15.1. The van der Waals surface area contributed by atoms with Crippen LogP contribution in [0.4, 0.5) is 11.6 Å². The van der Waals surface area contributed by atoms with Gasteiger partial charge in [-0.05, 0) is 31.9 Å². The lowest BCUT2D eigenvalue weighted by atomic mass is 9.91. The molecular weight excluding hydrogens is 298 g/mol. The molecule has 1 saturated heterocycles. The van der Waals surface area contributed by atoms with Crippen LogP contribution in [0.25, 0.3) is 11.3 Å². The summed E-state index contributed by atoms with van der Waals surface area (Å²) < 4.78 is 0. The first-order valence-electron chi connectivity index (χ1n) is 7.37. The summed E-state index contributed by atoms with van der Waals surface area (Å²) in [5.41, 5.74) is 13.8. The largest absolute Gasteiger partial charge is 0.382 e. The van der Waals surface area contributed by atoms with Gasteiger partial charge in [0.05, 0.1) is 6.20 Å². The van der Waals surface area contributed by atoms with Crippen molar-refractivity contribution in [3.05, 3.63) is 35.5 Å². The molecule has 3 rings (SSSR count). The minimum Gasteiger partial charge on any atom is -0.382 e. The summed E-state index contributed by atoms with van der Waals surface area (Å²) in [6.07, 6.45) is 3.65. The van der Waals surface area contributed by atoms with Gasteiger partial charge in [-0.3, -0.25) is 0 Å². The molecular formula is C16H20ClN5. The summed E-state index contributed by atoms with van der Waals surface area (Å²) in [4.78, 5) is 11.2. The molecule has 1 aromatic heterocycles. The van der Waals surface area contributed by atoms with E-state index in [1.807, 2.05) is 24.3 Å². The van der Waals surface area contributed by atoms with Crippen molar-refractivity contribution in [1.82, 2.24) is 9.97 Å². The van der Waals surface area contributed by atoms with E-state index < -0.39 is 0 Å². The van der Waals surface area contributed by atoms with E-state index in [1.165, 1.54) is 0 Å². The third-order valence-electron chi connectivity index (χ3n) is 4.13. The van der Waals surface area contributed by atoms with Crippen LogP contribution in [-0.4, -0.2) is 28.6 Å². The zero-order valence-electron chi connectivity index (χ0n) is 12.6. The molecule has 1 aliphatic heterocycles. The summed E-state index contributed by atoms with van der Waals surface area (Å²) in [5.74, 6) is 1.24. The number of benzene rings is 1. The van der Waals surface area contributed by atoms with E-state index >= 15 is 0 Å². The van der Waals surface area contributed by atoms with Crippen molar-refractivity contribution in [2.45, 2.75) is 25.3 Å². The molecule has 0 radical (unpaired) electrons.